The lowest BCUT2D eigenvalue weighted by Crippen LogP contribution is -3.00. The van der Waals surface area contributed by atoms with E-state index in [9.17, 15) is 14.7 Å². The van der Waals surface area contributed by atoms with Crippen LogP contribution in [0.25, 0.3) is 0 Å². The molecule has 0 aromatic heterocycles. The van der Waals surface area contributed by atoms with Crippen molar-refractivity contribution in [1.29, 1.82) is 0 Å². The van der Waals surface area contributed by atoms with E-state index in [4.69, 9.17) is 0 Å². The summed E-state index contributed by atoms with van der Waals surface area (Å²) in [6.07, 6.45) is 5.75. The minimum atomic E-state index is -0.653. The molecule has 3 rings (SSSR count). The summed E-state index contributed by atoms with van der Waals surface area (Å²) in [6.45, 7) is 8.81. The zero-order chi connectivity index (χ0) is 17.5. The Labute approximate surface area is 157 Å². The van der Waals surface area contributed by atoms with Crippen molar-refractivity contribution in [2.45, 2.75) is 65.4 Å². The van der Waals surface area contributed by atoms with Crippen molar-refractivity contribution in [1.82, 2.24) is 9.80 Å². The SMILES string of the molecule is CC12CCC(C(=O)N(CC(O)CN3CCCCCC3)C1=O)C2(C)C.[Cl-]. The molecule has 2 heterocycles. The van der Waals surface area contributed by atoms with Gasteiger partial charge in [-0.05, 0) is 44.2 Å². The van der Waals surface area contributed by atoms with E-state index in [1.54, 1.807) is 0 Å². The predicted molar refractivity (Wildman–Crippen MR) is 92.2 cm³/mol. The Balaban J connectivity index is 0.00000225. The number of aliphatic hydroxyl groups excluding tert-OH is 1. The maximum Gasteiger partial charge on any atom is 0.235 e. The van der Waals surface area contributed by atoms with Gasteiger partial charge in [0.15, 0.2) is 0 Å². The van der Waals surface area contributed by atoms with Gasteiger partial charge in [0, 0.05) is 12.5 Å². The third kappa shape index (κ3) is 3.47. The molecule has 3 fully saturated rings. The Morgan fingerprint density at radius 1 is 1.08 bits per heavy atom. The van der Waals surface area contributed by atoms with E-state index < -0.39 is 11.5 Å². The van der Waals surface area contributed by atoms with Crippen molar-refractivity contribution in [3.8, 4) is 0 Å². The normalized spacial score (nSPS) is 33.8. The van der Waals surface area contributed by atoms with Crippen LogP contribution in [0.3, 0.4) is 0 Å². The first kappa shape index (κ1) is 20.7. The molecule has 5 nitrogen and oxygen atoms in total. The summed E-state index contributed by atoms with van der Waals surface area (Å²) in [6, 6.07) is 0. The van der Waals surface area contributed by atoms with Gasteiger partial charge in [-0.3, -0.25) is 14.5 Å². The van der Waals surface area contributed by atoms with Gasteiger partial charge in [0.05, 0.1) is 18.1 Å². The lowest BCUT2D eigenvalue weighted by molar-refractivity contribution is -0.169. The molecule has 0 aromatic rings. The summed E-state index contributed by atoms with van der Waals surface area (Å²) in [5.41, 5.74) is -0.763. The zero-order valence-corrected chi connectivity index (χ0v) is 16.5. The highest BCUT2D eigenvalue weighted by atomic mass is 35.5. The van der Waals surface area contributed by atoms with Gasteiger partial charge in [-0.1, -0.05) is 33.6 Å². The van der Waals surface area contributed by atoms with Crippen LogP contribution in [0.2, 0.25) is 0 Å². The van der Waals surface area contributed by atoms with Crippen LogP contribution in [0.15, 0.2) is 0 Å². The number of piperidine rings is 1. The van der Waals surface area contributed by atoms with Gasteiger partial charge in [0.1, 0.15) is 0 Å². The minimum absolute atomic E-state index is 0. The summed E-state index contributed by atoms with van der Waals surface area (Å²) in [5, 5.41) is 10.5. The molecule has 6 heteroatoms. The van der Waals surface area contributed by atoms with E-state index in [1.807, 2.05) is 20.8 Å². The maximum atomic E-state index is 13.0. The predicted octanol–water partition coefficient (Wildman–Crippen LogP) is -0.961. The Hall–Kier alpha value is -0.650. The summed E-state index contributed by atoms with van der Waals surface area (Å²) in [4.78, 5) is 29.4. The topological polar surface area (TPSA) is 60.9 Å². The molecule has 3 atom stereocenters. The molecule has 1 N–H and O–H groups in total. The highest BCUT2D eigenvalue weighted by Crippen LogP contribution is 2.60. The van der Waals surface area contributed by atoms with E-state index in [0.29, 0.717) is 6.54 Å². The maximum absolute atomic E-state index is 13.0. The largest absolute Gasteiger partial charge is 1.00 e. The van der Waals surface area contributed by atoms with Crippen molar-refractivity contribution in [2.75, 3.05) is 26.2 Å². The number of carbonyl (C=O) groups excluding carboxylic acids is 2. The van der Waals surface area contributed by atoms with Crippen LogP contribution < -0.4 is 12.4 Å². The number of aliphatic hydroxyl groups is 1. The number of imide groups is 1. The standard InChI is InChI=1S/C19H32N2O3.ClH/c1-18(2)15-8-9-19(18,3)17(24)21(16(15)23)13-14(22)12-20-10-6-4-5-7-11-20;/h14-15,22H,4-13H2,1-3H3;1H/p-1. The summed E-state index contributed by atoms with van der Waals surface area (Å²) in [5.74, 6) is -0.248. The monoisotopic (exact) mass is 371 g/mol. The van der Waals surface area contributed by atoms with Crippen LogP contribution in [0.1, 0.15) is 59.3 Å². The second kappa shape index (κ2) is 7.53. The first-order valence-electron chi connectivity index (χ1n) is 9.53. The smallest absolute Gasteiger partial charge is 0.235 e. The number of hydrogen-bond donors (Lipinski definition) is 1. The average Bonchev–Trinajstić information content (AvgIpc) is 2.70. The zero-order valence-electron chi connectivity index (χ0n) is 15.8. The molecule has 1 aliphatic carbocycles. The summed E-state index contributed by atoms with van der Waals surface area (Å²) in [7, 11) is 0. The van der Waals surface area contributed by atoms with Gasteiger partial charge >= 0.3 is 0 Å². The van der Waals surface area contributed by atoms with Gasteiger partial charge in [0.25, 0.3) is 0 Å². The van der Waals surface area contributed by atoms with Crippen LogP contribution in [0, 0.1) is 16.7 Å². The molecule has 3 unspecified atom stereocenters. The molecule has 2 saturated heterocycles. The molecule has 2 aliphatic heterocycles. The molecule has 144 valence electrons. The summed E-state index contributed by atoms with van der Waals surface area (Å²) >= 11 is 0. The molecule has 1 saturated carbocycles. The number of hydrogen-bond acceptors (Lipinski definition) is 4. The van der Waals surface area contributed by atoms with Crippen molar-refractivity contribution >= 4 is 11.8 Å². The third-order valence-corrected chi connectivity index (χ3v) is 7.07. The molecule has 0 spiro atoms. The van der Waals surface area contributed by atoms with Crippen molar-refractivity contribution in [3.05, 3.63) is 0 Å². The van der Waals surface area contributed by atoms with Crippen LogP contribution >= 0.6 is 0 Å². The number of fused-ring (bicyclic) bond motifs is 2. The van der Waals surface area contributed by atoms with Gasteiger partial charge in [-0.15, -0.1) is 0 Å². The Morgan fingerprint density at radius 3 is 2.28 bits per heavy atom. The number of nitrogens with zero attached hydrogens (tertiary/aromatic N) is 2. The van der Waals surface area contributed by atoms with E-state index >= 15 is 0 Å². The fourth-order valence-electron chi connectivity index (χ4n) is 4.96. The quantitative estimate of drug-likeness (QED) is 0.647. The number of amides is 2. The van der Waals surface area contributed by atoms with Gasteiger partial charge in [0.2, 0.25) is 11.8 Å². The Bertz CT molecular complexity index is 517. The van der Waals surface area contributed by atoms with Crippen LogP contribution in [0.5, 0.6) is 0 Å². The van der Waals surface area contributed by atoms with Crippen LogP contribution in [-0.4, -0.2) is 59.0 Å². The number of halogens is 1. The number of rotatable bonds is 4. The average molecular weight is 372 g/mol. The highest BCUT2D eigenvalue weighted by molar-refractivity contribution is 6.03. The van der Waals surface area contributed by atoms with Crippen molar-refractivity contribution < 1.29 is 27.1 Å². The van der Waals surface area contributed by atoms with Crippen LogP contribution in [0.4, 0.5) is 0 Å². The number of likely N-dealkylation sites (tertiary alicyclic amines) is 2. The third-order valence-electron chi connectivity index (χ3n) is 7.07. The van der Waals surface area contributed by atoms with Gasteiger partial charge in [-0.25, -0.2) is 0 Å². The summed E-state index contributed by atoms with van der Waals surface area (Å²) < 4.78 is 0. The minimum Gasteiger partial charge on any atom is -1.00 e. The molecule has 3 aliphatic rings. The van der Waals surface area contributed by atoms with Crippen molar-refractivity contribution in [3.63, 3.8) is 0 Å². The molecular weight excluding hydrogens is 340 g/mol. The second-order valence-corrected chi connectivity index (χ2v) is 8.77. The first-order chi connectivity index (χ1) is 11.3. The number of carbonyl (C=O) groups is 2. The molecule has 2 bridgehead atoms. The van der Waals surface area contributed by atoms with Crippen molar-refractivity contribution in [2.24, 2.45) is 16.7 Å². The van der Waals surface area contributed by atoms with Gasteiger partial charge < -0.3 is 22.4 Å². The fourth-order valence-corrected chi connectivity index (χ4v) is 4.96. The van der Waals surface area contributed by atoms with E-state index in [-0.39, 0.29) is 42.1 Å². The lowest BCUT2D eigenvalue weighted by atomic mass is 9.62. The molecule has 0 radical (unpaired) electrons. The van der Waals surface area contributed by atoms with E-state index in [0.717, 1.165) is 25.9 Å². The Kier molecular flexibility index (Phi) is 6.22. The second-order valence-electron chi connectivity index (χ2n) is 8.77. The first-order valence-corrected chi connectivity index (χ1v) is 9.53. The van der Waals surface area contributed by atoms with E-state index in [2.05, 4.69) is 4.90 Å². The van der Waals surface area contributed by atoms with Gasteiger partial charge in [-0.2, -0.15) is 0 Å². The molecule has 0 aromatic carbocycles. The van der Waals surface area contributed by atoms with E-state index in [1.165, 1.54) is 30.6 Å². The lowest BCUT2D eigenvalue weighted by Gasteiger charge is -2.48. The number of β-amino-alcohol motifs (C(OH)–C–C–N with tert-alkyl or cyclic N) is 1. The fraction of sp³-hybridized carbons (Fsp3) is 0.895. The Morgan fingerprint density at radius 2 is 1.68 bits per heavy atom. The molecule has 25 heavy (non-hydrogen) atoms. The van der Waals surface area contributed by atoms with Crippen LogP contribution in [-0.2, 0) is 9.59 Å². The highest BCUT2D eigenvalue weighted by Gasteiger charge is 2.64. The molecule has 2 amide bonds. The molecular formula is C19H32ClN2O3-.